The van der Waals surface area contributed by atoms with Crippen LogP contribution < -0.4 is 0 Å². The first-order chi connectivity index (χ1) is 7.11. The van der Waals surface area contributed by atoms with E-state index in [9.17, 15) is 9.70 Å². The number of esters is 1. The number of carbonyl (C=O) groups is 1. The SMILES string of the molecule is CC(C)OC(=O)C(CCCCCCl)N=O. The van der Waals surface area contributed by atoms with Gasteiger partial charge in [-0.1, -0.05) is 18.0 Å². The Morgan fingerprint density at radius 3 is 2.47 bits per heavy atom. The average molecular weight is 236 g/mol. The Kier molecular flexibility index (Phi) is 8.28. The van der Waals surface area contributed by atoms with Crippen molar-refractivity contribution in [1.29, 1.82) is 0 Å². The van der Waals surface area contributed by atoms with E-state index in [0.29, 0.717) is 12.3 Å². The predicted molar refractivity (Wildman–Crippen MR) is 60.0 cm³/mol. The highest BCUT2D eigenvalue weighted by atomic mass is 35.5. The molecule has 0 spiro atoms. The number of rotatable bonds is 8. The maximum absolute atomic E-state index is 11.3. The molecule has 0 aromatic heterocycles. The van der Waals surface area contributed by atoms with Crippen LogP contribution in [0.3, 0.4) is 0 Å². The summed E-state index contributed by atoms with van der Waals surface area (Å²) in [6, 6.07) is -0.859. The van der Waals surface area contributed by atoms with E-state index >= 15 is 0 Å². The molecule has 0 fully saturated rings. The lowest BCUT2D eigenvalue weighted by molar-refractivity contribution is -0.149. The van der Waals surface area contributed by atoms with E-state index in [1.807, 2.05) is 0 Å². The van der Waals surface area contributed by atoms with Crippen LogP contribution in [0.2, 0.25) is 0 Å². The first-order valence-electron chi connectivity index (χ1n) is 5.20. The van der Waals surface area contributed by atoms with Crippen LogP contribution in [-0.2, 0) is 9.53 Å². The van der Waals surface area contributed by atoms with Gasteiger partial charge in [0, 0.05) is 5.88 Å². The normalized spacial score (nSPS) is 12.5. The quantitative estimate of drug-likeness (QED) is 0.281. The fourth-order valence-electron chi connectivity index (χ4n) is 1.13. The van der Waals surface area contributed by atoms with Gasteiger partial charge in [-0.15, -0.1) is 16.5 Å². The van der Waals surface area contributed by atoms with Gasteiger partial charge >= 0.3 is 5.97 Å². The molecule has 4 nitrogen and oxygen atoms in total. The molecule has 88 valence electrons. The number of nitroso groups, excluding NO2 is 1. The van der Waals surface area contributed by atoms with Crippen molar-refractivity contribution in [3.63, 3.8) is 0 Å². The molecule has 0 aliphatic rings. The second kappa shape index (κ2) is 8.65. The Morgan fingerprint density at radius 1 is 1.33 bits per heavy atom. The van der Waals surface area contributed by atoms with Gasteiger partial charge in [-0.3, -0.25) is 0 Å². The third kappa shape index (κ3) is 7.31. The van der Waals surface area contributed by atoms with Crippen LogP contribution in [-0.4, -0.2) is 24.0 Å². The molecule has 0 aromatic carbocycles. The number of hydrogen-bond acceptors (Lipinski definition) is 4. The molecule has 0 saturated heterocycles. The number of alkyl halides is 1. The van der Waals surface area contributed by atoms with Crippen molar-refractivity contribution in [2.75, 3.05) is 5.88 Å². The van der Waals surface area contributed by atoms with E-state index in [0.717, 1.165) is 19.3 Å². The van der Waals surface area contributed by atoms with E-state index in [-0.39, 0.29) is 6.10 Å². The van der Waals surface area contributed by atoms with E-state index in [1.165, 1.54) is 0 Å². The summed E-state index contributed by atoms with van der Waals surface area (Å²) in [6.07, 6.45) is 2.82. The standard InChI is InChI=1S/C10H18ClNO3/c1-8(2)15-10(13)9(12-14)6-4-3-5-7-11/h8-9H,3-7H2,1-2H3. The molecular weight excluding hydrogens is 218 g/mol. The van der Waals surface area contributed by atoms with Gasteiger partial charge in [0.1, 0.15) is 0 Å². The summed E-state index contributed by atoms with van der Waals surface area (Å²) in [5, 5.41) is 2.78. The predicted octanol–water partition coefficient (Wildman–Crippen LogP) is 2.87. The van der Waals surface area contributed by atoms with E-state index in [4.69, 9.17) is 16.3 Å². The van der Waals surface area contributed by atoms with Crippen LogP contribution in [0.5, 0.6) is 0 Å². The van der Waals surface area contributed by atoms with Gasteiger partial charge in [0.05, 0.1) is 6.10 Å². The largest absolute Gasteiger partial charge is 0.461 e. The fraction of sp³-hybridized carbons (Fsp3) is 0.900. The third-order valence-corrected chi connectivity index (χ3v) is 2.13. The van der Waals surface area contributed by atoms with E-state index in [1.54, 1.807) is 13.8 Å². The first kappa shape index (κ1) is 14.4. The van der Waals surface area contributed by atoms with Crippen LogP contribution >= 0.6 is 11.6 Å². The van der Waals surface area contributed by atoms with Gasteiger partial charge in [-0.25, -0.2) is 4.79 Å². The molecule has 0 N–H and O–H groups in total. The molecule has 0 amide bonds. The van der Waals surface area contributed by atoms with Crippen molar-refractivity contribution in [2.24, 2.45) is 5.18 Å². The second-order valence-corrected chi connectivity index (χ2v) is 4.02. The number of unbranched alkanes of at least 4 members (excludes halogenated alkanes) is 2. The minimum absolute atomic E-state index is 0.204. The zero-order valence-electron chi connectivity index (χ0n) is 9.24. The molecule has 0 rings (SSSR count). The molecule has 0 bridgehead atoms. The molecule has 0 aliphatic heterocycles. The molecular formula is C10H18ClNO3. The Bertz CT molecular complexity index is 197. The third-order valence-electron chi connectivity index (χ3n) is 1.86. The van der Waals surface area contributed by atoms with E-state index < -0.39 is 12.0 Å². The summed E-state index contributed by atoms with van der Waals surface area (Å²) >= 11 is 5.51. The molecule has 0 saturated carbocycles. The molecule has 0 aromatic rings. The number of halogens is 1. The van der Waals surface area contributed by atoms with E-state index in [2.05, 4.69) is 5.18 Å². The van der Waals surface area contributed by atoms with Crippen molar-refractivity contribution in [3.8, 4) is 0 Å². The van der Waals surface area contributed by atoms with Gasteiger partial charge in [0.15, 0.2) is 6.04 Å². The number of carbonyl (C=O) groups excluding carboxylic acids is 1. The topological polar surface area (TPSA) is 55.7 Å². The summed E-state index contributed by atoms with van der Waals surface area (Å²) in [6.45, 7) is 3.49. The second-order valence-electron chi connectivity index (χ2n) is 3.65. The minimum atomic E-state index is -0.859. The highest BCUT2D eigenvalue weighted by molar-refractivity contribution is 6.17. The monoisotopic (exact) mass is 235 g/mol. The molecule has 0 heterocycles. The Labute approximate surface area is 95.3 Å². The summed E-state index contributed by atoms with van der Waals surface area (Å²) in [7, 11) is 0. The lowest BCUT2D eigenvalue weighted by Crippen LogP contribution is -2.24. The zero-order chi connectivity index (χ0) is 11.7. The average Bonchev–Trinajstić information content (AvgIpc) is 2.16. The summed E-state index contributed by atoms with van der Waals surface area (Å²) in [5.74, 6) is 0.0844. The number of hydrogen-bond donors (Lipinski definition) is 0. The summed E-state index contributed by atoms with van der Waals surface area (Å²) in [5.41, 5.74) is 0. The van der Waals surface area contributed by atoms with Crippen LogP contribution in [0.1, 0.15) is 39.5 Å². The van der Waals surface area contributed by atoms with Crippen molar-refractivity contribution in [2.45, 2.75) is 51.7 Å². The minimum Gasteiger partial charge on any atom is -0.461 e. The number of ether oxygens (including phenoxy) is 1. The van der Waals surface area contributed by atoms with Crippen molar-refractivity contribution < 1.29 is 9.53 Å². The van der Waals surface area contributed by atoms with Gasteiger partial charge < -0.3 is 4.74 Å². The maximum atomic E-state index is 11.3. The lowest BCUT2D eigenvalue weighted by Gasteiger charge is -2.11. The first-order valence-corrected chi connectivity index (χ1v) is 5.74. The van der Waals surface area contributed by atoms with Crippen molar-refractivity contribution in [1.82, 2.24) is 0 Å². The van der Waals surface area contributed by atoms with Gasteiger partial charge in [0.2, 0.25) is 0 Å². The van der Waals surface area contributed by atoms with Gasteiger partial charge in [-0.05, 0) is 26.7 Å². The lowest BCUT2D eigenvalue weighted by atomic mass is 10.1. The molecule has 0 aliphatic carbocycles. The molecule has 5 heteroatoms. The Balaban J connectivity index is 3.80. The molecule has 1 unspecified atom stereocenters. The van der Waals surface area contributed by atoms with Crippen molar-refractivity contribution >= 4 is 17.6 Å². The smallest absolute Gasteiger partial charge is 0.334 e. The van der Waals surface area contributed by atoms with Gasteiger partial charge in [-0.2, -0.15) is 0 Å². The number of nitrogens with zero attached hydrogens (tertiary/aromatic N) is 1. The van der Waals surface area contributed by atoms with Crippen LogP contribution in [0.25, 0.3) is 0 Å². The zero-order valence-corrected chi connectivity index (χ0v) is 10.00. The molecule has 0 radical (unpaired) electrons. The van der Waals surface area contributed by atoms with Crippen LogP contribution in [0.15, 0.2) is 5.18 Å². The van der Waals surface area contributed by atoms with Crippen LogP contribution in [0, 0.1) is 4.91 Å². The Morgan fingerprint density at radius 2 is 2.00 bits per heavy atom. The maximum Gasteiger partial charge on any atom is 0.334 e. The highest BCUT2D eigenvalue weighted by Gasteiger charge is 2.21. The van der Waals surface area contributed by atoms with Crippen LogP contribution in [0.4, 0.5) is 0 Å². The van der Waals surface area contributed by atoms with Gasteiger partial charge in [0.25, 0.3) is 0 Å². The highest BCUT2D eigenvalue weighted by Crippen LogP contribution is 2.09. The fourth-order valence-corrected chi connectivity index (χ4v) is 1.32. The molecule has 1 atom stereocenters. The summed E-state index contributed by atoms with van der Waals surface area (Å²) < 4.78 is 4.90. The van der Waals surface area contributed by atoms with Crippen molar-refractivity contribution in [3.05, 3.63) is 4.91 Å². The Hall–Kier alpha value is -0.640. The summed E-state index contributed by atoms with van der Waals surface area (Å²) in [4.78, 5) is 21.7. The molecule has 15 heavy (non-hydrogen) atoms.